The van der Waals surface area contributed by atoms with Gasteiger partial charge in [0.2, 0.25) is 11.8 Å². The number of nitrogens with one attached hydrogen (secondary N) is 1. The van der Waals surface area contributed by atoms with Gasteiger partial charge < -0.3 is 15.1 Å². The normalized spacial score (nSPS) is 17.8. The SMILES string of the molecule is CN1CC(=O)Nc2sc3c(c2C1=O)CCN(C(=O)CCC(F)(F)F)C3. The van der Waals surface area contributed by atoms with Crippen molar-refractivity contribution in [2.75, 3.05) is 25.5 Å². The molecule has 0 radical (unpaired) electrons. The number of alkyl halides is 3. The monoisotopic (exact) mass is 375 g/mol. The maximum Gasteiger partial charge on any atom is 0.389 e. The molecule has 3 rings (SSSR count). The highest BCUT2D eigenvalue weighted by atomic mass is 32.1. The van der Waals surface area contributed by atoms with E-state index >= 15 is 0 Å². The number of thiophene rings is 1. The van der Waals surface area contributed by atoms with Crippen LogP contribution in [0.15, 0.2) is 0 Å². The molecule has 1 aromatic rings. The van der Waals surface area contributed by atoms with E-state index in [1.807, 2.05) is 0 Å². The predicted octanol–water partition coefficient (Wildman–Crippen LogP) is 2.00. The molecule has 0 aliphatic carbocycles. The summed E-state index contributed by atoms with van der Waals surface area (Å²) < 4.78 is 36.8. The van der Waals surface area contributed by atoms with Crippen LogP contribution >= 0.6 is 11.3 Å². The fraction of sp³-hybridized carbons (Fsp3) is 0.533. The highest BCUT2D eigenvalue weighted by molar-refractivity contribution is 7.17. The summed E-state index contributed by atoms with van der Waals surface area (Å²) in [5.74, 6) is -1.12. The van der Waals surface area contributed by atoms with Crippen molar-refractivity contribution < 1.29 is 27.6 Å². The second-order valence-corrected chi connectivity index (χ2v) is 7.20. The molecule has 0 spiro atoms. The fourth-order valence-corrected chi connectivity index (χ4v) is 4.25. The van der Waals surface area contributed by atoms with Crippen LogP contribution in [0.3, 0.4) is 0 Å². The highest BCUT2D eigenvalue weighted by Crippen LogP contribution is 2.39. The molecule has 0 atom stereocenters. The molecule has 3 amide bonds. The summed E-state index contributed by atoms with van der Waals surface area (Å²) in [6.07, 6.45) is -5.70. The summed E-state index contributed by atoms with van der Waals surface area (Å²) in [5.41, 5.74) is 1.22. The molecule has 6 nitrogen and oxygen atoms in total. The molecule has 1 aromatic heterocycles. The number of carbonyl (C=O) groups is 3. The zero-order valence-electron chi connectivity index (χ0n) is 13.4. The quantitative estimate of drug-likeness (QED) is 0.860. The molecule has 25 heavy (non-hydrogen) atoms. The third-order valence-corrected chi connectivity index (χ3v) is 5.36. The number of anilines is 1. The van der Waals surface area contributed by atoms with Crippen LogP contribution < -0.4 is 5.32 Å². The Morgan fingerprint density at radius 2 is 2.00 bits per heavy atom. The first-order chi connectivity index (χ1) is 11.7. The van der Waals surface area contributed by atoms with Gasteiger partial charge in [-0.1, -0.05) is 0 Å². The number of hydrogen-bond acceptors (Lipinski definition) is 4. The summed E-state index contributed by atoms with van der Waals surface area (Å²) in [5, 5.41) is 3.15. The van der Waals surface area contributed by atoms with Gasteiger partial charge in [0.1, 0.15) is 5.00 Å². The van der Waals surface area contributed by atoms with Crippen molar-refractivity contribution in [1.82, 2.24) is 9.80 Å². The molecular formula is C15H16F3N3O3S. The zero-order valence-corrected chi connectivity index (χ0v) is 14.2. The van der Waals surface area contributed by atoms with Gasteiger partial charge in [-0.15, -0.1) is 11.3 Å². The van der Waals surface area contributed by atoms with Crippen LogP contribution in [0.25, 0.3) is 0 Å². The van der Waals surface area contributed by atoms with E-state index in [2.05, 4.69) is 5.32 Å². The maximum atomic E-state index is 12.5. The van der Waals surface area contributed by atoms with Gasteiger partial charge >= 0.3 is 6.18 Å². The van der Waals surface area contributed by atoms with E-state index in [9.17, 15) is 27.6 Å². The molecule has 0 saturated carbocycles. The largest absolute Gasteiger partial charge is 0.389 e. The summed E-state index contributed by atoms with van der Waals surface area (Å²) in [7, 11) is 1.54. The minimum Gasteiger partial charge on any atom is -0.337 e. The van der Waals surface area contributed by atoms with Crippen LogP contribution in [-0.2, 0) is 22.6 Å². The number of nitrogens with zero attached hydrogens (tertiary/aromatic N) is 2. The zero-order chi connectivity index (χ0) is 18.4. The number of carbonyl (C=O) groups excluding carboxylic acids is 3. The number of rotatable bonds is 2. The van der Waals surface area contributed by atoms with E-state index in [1.165, 1.54) is 28.2 Å². The molecule has 136 valence electrons. The van der Waals surface area contributed by atoms with Gasteiger partial charge in [0, 0.05) is 24.9 Å². The lowest BCUT2D eigenvalue weighted by Crippen LogP contribution is -2.37. The molecule has 0 bridgehead atoms. The van der Waals surface area contributed by atoms with Crippen LogP contribution in [0.2, 0.25) is 0 Å². The molecular weight excluding hydrogens is 359 g/mol. The van der Waals surface area contributed by atoms with Crippen molar-refractivity contribution >= 4 is 34.1 Å². The van der Waals surface area contributed by atoms with Gasteiger partial charge in [-0.25, -0.2) is 0 Å². The Labute approximate surface area is 145 Å². The lowest BCUT2D eigenvalue weighted by atomic mass is 10.0. The van der Waals surface area contributed by atoms with Crippen molar-refractivity contribution in [3.63, 3.8) is 0 Å². The minimum atomic E-state index is -4.36. The Balaban J connectivity index is 1.79. The lowest BCUT2D eigenvalue weighted by Gasteiger charge is -2.27. The van der Waals surface area contributed by atoms with Crippen molar-refractivity contribution in [2.45, 2.75) is 32.0 Å². The lowest BCUT2D eigenvalue weighted by molar-refractivity contribution is -0.149. The third kappa shape index (κ3) is 3.63. The average molecular weight is 375 g/mol. The number of amides is 3. The fourth-order valence-electron chi connectivity index (χ4n) is 2.98. The molecule has 3 heterocycles. The molecule has 1 N–H and O–H groups in total. The highest BCUT2D eigenvalue weighted by Gasteiger charge is 2.35. The number of likely N-dealkylation sites (N-methyl/N-ethyl adjacent to an activating group) is 1. The van der Waals surface area contributed by atoms with E-state index in [0.717, 1.165) is 10.4 Å². The van der Waals surface area contributed by atoms with Gasteiger partial charge in [0.05, 0.1) is 25.1 Å². The molecule has 2 aliphatic heterocycles. The smallest absolute Gasteiger partial charge is 0.337 e. The van der Waals surface area contributed by atoms with Gasteiger partial charge in [-0.3, -0.25) is 14.4 Å². The summed E-state index contributed by atoms with van der Waals surface area (Å²) in [6, 6.07) is 0. The second kappa shape index (κ2) is 6.32. The molecule has 2 aliphatic rings. The van der Waals surface area contributed by atoms with Crippen LogP contribution in [0.5, 0.6) is 0 Å². The first-order valence-electron chi connectivity index (χ1n) is 7.70. The van der Waals surface area contributed by atoms with E-state index in [4.69, 9.17) is 0 Å². The van der Waals surface area contributed by atoms with Crippen LogP contribution in [0, 0.1) is 0 Å². The van der Waals surface area contributed by atoms with Gasteiger partial charge in [0.25, 0.3) is 5.91 Å². The maximum absolute atomic E-state index is 12.5. The molecule has 0 aromatic carbocycles. The Bertz CT molecular complexity index is 744. The van der Waals surface area contributed by atoms with Gasteiger partial charge in [-0.05, 0) is 12.0 Å². The molecule has 0 fully saturated rings. The minimum absolute atomic E-state index is 0.0307. The second-order valence-electron chi connectivity index (χ2n) is 6.10. The van der Waals surface area contributed by atoms with Crippen LogP contribution in [0.4, 0.5) is 18.2 Å². The number of halogens is 3. The Morgan fingerprint density at radius 1 is 1.28 bits per heavy atom. The molecule has 10 heteroatoms. The first-order valence-corrected chi connectivity index (χ1v) is 8.51. The van der Waals surface area contributed by atoms with Crippen molar-refractivity contribution in [2.24, 2.45) is 0 Å². The van der Waals surface area contributed by atoms with Crippen molar-refractivity contribution in [1.29, 1.82) is 0 Å². The Hall–Kier alpha value is -2.10. The van der Waals surface area contributed by atoms with E-state index in [1.54, 1.807) is 0 Å². The van der Waals surface area contributed by atoms with Crippen molar-refractivity contribution in [3.05, 3.63) is 16.0 Å². The summed E-state index contributed by atoms with van der Waals surface area (Å²) >= 11 is 1.21. The summed E-state index contributed by atoms with van der Waals surface area (Å²) in [4.78, 5) is 39.7. The standard InChI is InChI=1S/C15H16F3N3O3S/c1-20-7-10(22)19-13-12(14(20)24)8-3-5-21(6-9(8)25-13)11(23)2-4-15(16,17)18/h2-7H2,1H3,(H,19,22). The first kappa shape index (κ1) is 17.7. The van der Waals surface area contributed by atoms with Gasteiger partial charge in [0.15, 0.2) is 0 Å². The van der Waals surface area contributed by atoms with Crippen LogP contribution in [-0.4, -0.2) is 53.8 Å². The van der Waals surface area contributed by atoms with Crippen LogP contribution in [0.1, 0.15) is 33.6 Å². The molecule has 0 unspecified atom stereocenters. The number of hydrogen-bond donors (Lipinski definition) is 1. The van der Waals surface area contributed by atoms with Crippen molar-refractivity contribution in [3.8, 4) is 0 Å². The average Bonchev–Trinajstić information content (AvgIpc) is 2.82. The molecule has 0 saturated heterocycles. The Kier molecular flexibility index (Phi) is 4.48. The van der Waals surface area contributed by atoms with E-state index in [0.29, 0.717) is 17.0 Å². The van der Waals surface area contributed by atoms with Gasteiger partial charge in [-0.2, -0.15) is 13.2 Å². The third-order valence-electron chi connectivity index (χ3n) is 4.23. The predicted molar refractivity (Wildman–Crippen MR) is 84.3 cm³/mol. The summed E-state index contributed by atoms with van der Waals surface area (Å²) in [6.45, 7) is 0.394. The van der Waals surface area contributed by atoms with E-state index in [-0.39, 0.29) is 31.4 Å². The van der Waals surface area contributed by atoms with E-state index < -0.39 is 24.9 Å². The number of fused-ring (bicyclic) bond motifs is 3. The Morgan fingerprint density at radius 3 is 2.68 bits per heavy atom. The topological polar surface area (TPSA) is 69.7 Å².